The van der Waals surface area contributed by atoms with Crippen molar-refractivity contribution in [1.29, 1.82) is 5.26 Å². The standard InChI is InChI=1S/C14H16N2O4S/c1-10-8-16(9-13(10)14(17)18)21(19,20)12-4-2-11(3-5-12)6-7-15/h2-5,10,13H,6,8-9H2,1H3,(H,17,18). The summed E-state index contributed by atoms with van der Waals surface area (Å²) in [7, 11) is -3.68. The van der Waals surface area contributed by atoms with Crippen LogP contribution >= 0.6 is 0 Å². The molecule has 1 aliphatic heterocycles. The lowest BCUT2D eigenvalue weighted by molar-refractivity contribution is -0.142. The van der Waals surface area contributed by atoms with Crippen molar-refractivity contribution >= 4 is 16.0 Å². The number of carboxylic acid groups (broad SMARTS) is 1. The number of sulfonamides is 1. The van der Waals surface area contributed by atoms with Crippen LogP contribution in [0.25, 0.3) is 0 Å². The fourth-order valence-corrected chi connectivity index (χ4v) is 4.03. The van der Waals surface area contributed by atoms with E-state index in [1.165, 1.54) is 16.4 Å². The van der Waals surface area contributed by atoms with Crippen molar-refractivity contribution in [3.8, 4) is 6.07 Å². The van der Waals surface area contributed by atoms with E-state index in [9.17, 15) is 13.2 Å². The molecule has 1 saturated heterocycles. The number of nitriles is 1. The molecule has 0 aliphatic carbocycles. The summed E-state index contributed by atoms with van der Waals surface area (Å²) in [5.41, 5.74) is 0.745. The zero-order chi connectivity index (χ0) is 15.6. The van der Waals surface area contributed by atoms with E-state index in [1.807, 2.05) is 6.07 Å². The Morgan fingerprint density at radius 3 is 2.48 bits per heavy atom. The Hall–Kier alpha value is -1.91. The van der Waals surface area contributed by atoms with E-state index in [4.69, 9.17) is 10.4 Å². The van der Waals surface area contributed by atoms with Crippen LogP contribution in [-0.2, 0) is 21.2 Å². The van der Waals surface area contributed by atoms with Crippen molar-refractivity contribution in [3.63, 3.8) is 0 Å². The SMILES string of the molecule is CC1CN(S(=O)(=O)c2ccc(CC#N)cc2)CC1C(=O)O. The first-order valence-electron chi connectivity index (χ1n) is 6.55. The molecule has 2 atom stereocenters. The Morgan fingerprint density at radius 1 is 1.38 bits per heavy atom. The third-order valence-electron chi connectivity index (χ3n) is 3.74. The number of hydrogen-bond donors (Lipinski definition) is 1. The molecule has 2 rings (SSSR count). The van der Waals surface area contributed by atoms with Crippen molar-refractivity contribution in [2.24, 2.45) is 11.8 Å². The van der Waals surface area contributed by atoms with Gasteiger partial charge in [0.25, 0.3) is 0 Å². The number of carbonyl (C=O) groups is 1. The number of carboxylic acids is 1. The van der Waals surface area contributed by atoms with Crippen LogP contribution in [0.15, 0.2) is 29.2 Å². The minimum absolute atomic E-state index is 0.00121. The third-order valence-corrected chi connectivity index (χ3v) is 5.59. The van der Waals surface area contributed by atoms with Crippen LogP contribution in [0.5, 0.6) is 0 Å². The normalized spacial score (nSPS) is 22.9. The fourth-order valence-electron chi connectivity index (χ4n) is 2.46. The molecule has 6 nitrogen and oxygen atoms in total. The van der Waals surface area contributed by atoms with Crippen LogP contribution in [0.4, 0.5) is 0 Å². The summed E-state index contributed by atoms with van der Waals surface area (Å²) >= 11 is 0. The second kappa shape index (κ2) is 5.84. The van der Waals surface area contributed by atoms with Gasteiger partial charge in [0.05, 0.1) is 23.3 Å². The lowest BCUT2D eigenvalue weighted by Crippen LogP contribution is -2.30. The van der Waals surface area contributed by atoms with Crippen LogP contribution < -0.4 is 0 Å². The molecule has 1 aromatic rings. The van der Waals surface area contributed by atoms with Crippen molar-refractivity contribution in [2.75, 3.05) is 13.1 Å². The average molecular weight is 308 g/mol. The van der Waals surface area contributed by atoms with Gasteiger partial charge in [-0.2, -0.15) is 9.57 Å². The van der Waals surface area contributed by atoms with Crippen LogP contribution in [0.3, 0.4) is 0 Å². The average Bonchev–Trinajstić information content (AvgIpc) is 2.83. The summed E-state index contributed by atoms with van der Waals surface area (Å²) in [6.45, 7) is 1.95. The Labute approximate surface area is 123 Å². The fraction of sp³-hybridized carbons (Fsp3) is 0.429. The van der Waals surface area contributed by atoms with Crippen molar-refractivity contribution in [1.82, 2.24) is 4.31 Å². The number of nitrogens with zero attached hydrogens (tertiary/aromatic N) is 2. The van der Waals surface area contributed by atoms with E-state index in [-0.39, 0.29) is 30.3 Å². The molecule has 1 aromatic carbocycles. The highest BCUT2D eigenvalue weighted by atomic mass is 32.2. The summed E-state index contributed by atoms with van der Waals surface area (Å²) in [6.07, 6.45) is 0.224. The zero-order valence-electron chi connectivity index (χ0n) is 11.6. The Kier molecular flexibility index (Phi) is 4.30. The molecule has 1 aliphatic rings. The molecule has 1 heterocycles. The second-order valence-corrected chi connectivity index (χ2v) is 7.16. The predicted molar refractivity (Wildman–Crippen MR) is 74.8 cm³/mol. The van der Waals surface area contributed by atoms with E-state index in [0.717, 1.165) is 5.56 Å². The number of hydrogen-bond acceptors (Lipinski definition) is 4. The molecular weight excluding hydrogens is 292 g/mol. The van der Waals surface area contributed by atoms with Crippen LogP contribution in [0, 0.1) is 23.2 Å². The summed E-state index contributed by atoms with van der Waals surface area (Å²) in [5.74, 6) is -1.85. The smallest absolute Gasteiger partial charge is 0.308 e. The first-order valence-corrected chi connectivity index (χ1v) is 7.99. The maximum atomic E-state index is 12.5. The van der Waals surface area contributed by atoms with Gasteiger partial charge in [0.15, 0.2) is 0 Å². The number of benzene rings is 1. The van der Waals surface area contributed by atoms with Crippen LogP contribution in [-0.4, -0.2) is 36.9 Å². The first kappa shape index (κ1) is 15.5. The maximum Gasteiger partial charge on any atom is 0.308 e. The van der Waals surface area contributed by atoms with Crippen molar-refractivity contribution in [3.05, 3.63) is 29.8 Å². The van der Waals surface area contributed by atoms with Gasteiger partial charge in [-0.15, -0.1) is 0 Å². The predicted octanol–water partition coefficient (Wildman–Crippen LogP) is 1.09. The first-order chi connectivity index (χ1) is 9.86. The molecule has 0 aromatic heterocycles. The highest BCUT2D eigenvalue weighted by Crippen LogP contribution is 2.28. The van der Waals surface area contributed by atoms with E-state index in [0.29, 0.717) is 0 Å². The molecule has 1 fully saturated rings. The van der Waals surface area contributed by atoms with Gasteiger partial charge in [-0.1, -0.05) is 19.1 Å². The molecule has 112 valence electrons. The molecule has 0 radical (unpaired) electrons. The minimum atomic E-state index is -3.68. The van der Waals surface area contributed by atoms with Crippen molar-refractivity contribution < 1.29 is 18.3 Å². The molecule has 7 heteroatoms. The molecular formula is C14H16N2O4S. The molecule has 0 saturated carbocycles. The number of aliphatic carboxylic acids is 1. The molecule has 0 spiro atoms. The Morgan fingerprint density at radius 2 is 2.00 bits per heavy atom. The molecule has 1 N–H and O–H groups in total. The lowest BCUT2D eigenvalue weighted by atomic mass is 9.99. The topological polar surface area (TPSA) is 98.5 Å². The van der Waals surface area contributed by atoms with Gasteiger partial charge in [-0.05, 0) is 23.6 Å². The molecule has 0 amide bonds. The second-order valence-electron chi connectivity index (χ2n) is 5.22. The third kappa shape index (κ3) is 3.06. The highest BCUT2D eigenvalue weighted by molar-refractivity contribution is 7.89. The summed E-state index contributed by atoms with van der Waals surface area (Å²) in [4.78, 5) is 11.2. The summed E-state index contributed by atoms with van der Waals surface area (Å²) in [6, 6.07) is 8.12. The van der Waals surface area contributed by atoms with Gasteiger partial charge in [0.1, 0.15) is 0 Å². The number of rotatable bonds is 4. The summed E-state index contributed by atoms with van der Waals surface area (Å²) in [5, 5.41) is 17.7. The quantitative estimate of drug-likeness (QED) is 0.898. The van der Waals surface area contributed by atoms with Crippen molar-refractivity contribution in [2.45, 2.75) is 18.2 Å². The van der Waals surface area contributed by atoms with Gasteiger partial charge in [-0.25, -0.2) is 8.42 Å². The van der Waals surface area contributed by atoms with Gasteiger partial charge in [-0.3, -0.25) is 4.79 Å². The van der Waals surface area contributed by atoms with E-state index < -0.39 is 21.9 Å². The molecule has 21 heavy (non-hydrogen) atoms. The zero-order valence-corrected chi connectivity index (χ0v) is 12.4. The Bertz CT molecular complexity index is 676. The van der Waals surface area contributed by atoms with E-state index in [2.05, 4.69) is 0 Å². The minimum Gasteiger partial charge on any atom is -0.481 e. The van der Waals surface area contributed by atoms with Crippen LogP contribution in [0.2, 0.25) is 0 Å². The van der Waals surface area contributed by atoms with Gasteiger partial charge >= 0.3 is 5.97 Å². The van der Waals surface area contributed by atoms with Crippen LogP contribution in [0.1, 0.15) is 12.5 Å². The van der Waals surface area contributed by atoms with E-state index in [1.54, 1.807) is 19.1 Å². The van der Waals surface area contributed by atoms with Gasteiger partial charge in [0.2, 0.25) is 10.0 Å². The maximum absolute atomic E-state index is 12.5. The van der Waals surface area contributed by atoms with Gasteiger partial charge < -0.3 is 5.11 Å². The highest BCUT2D eigenvalue weighted by Gasteiger charge is 2.40. The monoisotopic (exact) mass is 308 g/mol. The molecule has 0 bridgehead atoms. The lowest BCUT2D eigenvalue weighted by Gasteiger charge is -2.16. The van der Waals surface area contributed by atoms with E-state index >= 15 is 0 Å². The Balaban J connectivity index is 2.23. The largest absolute Gasteiger partial charge is 0.481 e. The van der Waals surface area contributed by atoms with Gasteiger partial charge in [0, 0.05) is 13.1 Å². The molecule has 2 unspecified atom stereocenters. The summed E-state index contributed by atoms with van der Waals surface area (Å²) < 4.78 is 26.2.